The van der Waals surface area contributed by atoms with Gasteiger partial charge in [-0.2, -0.15) is 0 Å². The summed E-state index contributed by atoms with van der Waals surface area (Å²) in [6.07, 6.45) is 10.4. The quantitative estimate of drug-likeness (QED) is 0.325. The number of hydrogen-bond donors (Lipinski definition) is 0. The second-order valence-electron chi connectivity index (χ2n) is 5.76. The van der Waals surface area contributed by atoms with Gasteiger partial charge in [0.25, 0.3) is 5.76 Å². The monoisotopic (exact) mass is 299 g/mol. The summed E-state index contributed by atoms with van der Waals surface area (Å²) in [6.45, 7) is 3.57. The molecule has 0 aromatic rings. The van der Waals surface area contributed by atoms with Gasteiger partial charge in [-0.05, 0) is 62.5 Å². The summed E-state index contributed by atoms with van der Waals surface area (Å²) in [4.78, 5) is 11.9. The predicted molar refractivity (Wildman–Crippen MR) is 77.7 cm³/mol. The topological polar surface area (TPSA) is 52.6 Å². The fraction of sp³-hybridized carbons (Fsp3) is 0.800. The number of esters is 1. The van der Waals surface area contributed by atoms with Crippen molar-refractivity contribution in [2.75, 3.05) is 0 Å². The lowest BCUT2D eigenvalue weighted by Crippen LogP contribution is -2.22. The van der Waals surface area contributed by atoms with Crippen molar-refractivity contribution in [3.63, 3.8) is 0 Å². The van der Waals surface area contributed by atoms with Crippen LogP contribution in [0.3, 0.4) is 0 Å². The molecule has 4 nitrogen and oxygen atoms in total. The molecule has 2 aliphatic carbocycles. The molecule has 0 aromatic carbocycles. The molecule has 1 unspecified atom stereocenters. The number of carbonyl (C=O) groups is 1. The number of rotatable bonds is 5. The van der Waals surface area contributed by atoms with E-state index in [9.17, 15) is 9.36 Å². The first-order valence-electron chi connectivity index (χ1n) is 7.71. The molecule has 0 bridgehead atoms. The molecule has 0 spiro atoms. The van der Waals surface area contributed by atoms with Gasteiger partial charge in [0.1, 0.15) is 6.10 Å². The zero-order valence-corrected chi connectivity index (χ0v) is 12.9. The molecular formula is C15H24O4P+. The highest BCUT2D eigenvalue weighted by Gasteiger charge is 2.37. The highest BCUT2D eigenvalue weighted by molar-refractivity contribution is 7.40. The van der Waals surface area contributed by atoms with Gasteiger partial charge >= 0.3 is 14.0 Å². The molecule has 0 aromatic heterocycles. The molecule has 2 fully saturated rings. The van der Waals surface area contributed by atoms with E-state index in [1.165, 1.54) is 12.8 Å². The zero-order valence-electron chi connectivity index (χ0n) is 12.0. The summed E-state index contributed by atoms with van der Waals surface area (Å²) in [6, 6.07) is 0. The lowest BCUT2D eigenvalue weighted by molar-refractivity contribution is -0.148. The normalized spacial score (nSPS) is 22.1. The summed E-state index contributed by atoms with van der Waals surface area (Å²) >= 11 is 0. The van der Waals surface area contributed by atoms with Crippen LogP contribution < -0.4 is 0 Å². The molecule has 0 saturated heterocycles. The fourth-order valence-corrected chi connectivity index (χ4v) is 4.14. The van der Waals surface area contributed by atoms with Gasteiger partial charge < -0.3 is 4.74 Å². The van der Waals surface area contributed by atoms with Crippen LogP contribution in [0.5, 0.6) is 0 Å². The number of carbonyl (C=O) groups excluding carboxylic acids is 1. The van der Waals surface area contributed by atoms with Gasteiger partial charge in [-0.3, -0.25) is 0 Å². The first-order valence-corrected chi connectivity index (χ1v) is 8.95. The average Bonchev–Trinajstić information content (AvgIpc) is 2.49. The van der Waals surface area contributed by atoms with E-state index in [1.54, 1.807) is 0 Å². The van der Waals surface area contributed by atoms with E-state index in [-0.39, 0.29) is 17.5 Å². The minimum Gasteiger partial charge on any atom is -0.456 e. The lowest BCUT2D eigenvalue weighted by atomic mass is 9.98. The molecule has 2 aliphatic rings. The third-order valence-corrected chi connectivity index (χ3v) is 5.64. The molecule has 0 heterocycles. The Morgan fingerprint density at radius 1 is 0.950 bits per heavy atom. The molecule has 2 rings (SSSR count). The van der Waals surface area contributed by atoms with Crippen molar-refractivity contribution < 1.29 is 18.6 Å². The van der Waals surface area contributed by atoms with Gasteiger partial charge in [-0.25, -0.2) is 9.32 Å². The maximum Gasteiger partial charge on any atom is 0.559 e. The maximum atomic E-state index is 12.1. The standard InChI is InChI=1S/C15H24O4P/c1-12(15(16)18-13-8-4-2-5-9-13)19-20(17)14-10-6-3-7-11-14/h13-14H,1-11H2/q+1. The molecule has 5 heteroatoms. The Balaban J connectivity index is 1.75. The van der Waals surface area contributed by atoms with E-state index in [4.69, 9.17) is 9.26 Å². The average molecular weight is 299 g/mol. The largest absolute Gasteiger partial charge is 0.559 e. The van der Waals surface area contributed by atoms with Crippen molar-refractivity contribution in [3.8, 4) is 0 Å². The van der Waals surface area contributed by atoms with Crippen LogP contribution in [0.15, 0.2) is 12.3 Å². The molecule has 1 atom stereocenters. The van der Waals surface area contributed by atoms with E-state index in [1.807, 2.05) is 0 Å². The Hall–Kier alpha value is -0.890. The summed E-state index contributed by atoms with van der Waals surface area (Å²) in [5.74, 6) is -0.640. The Labute approximate surface area is 121 Å². The SMILES string of the molecule is C=C(O[P+](=O)C1CCCCC1)C(=O)OC1CCCCC1. The smallest absolute Gasteiger partial charge is 0.456 e. The van der Waals surface area contributed by atoms with Crippen LogP contribution >= 0.6 is 8.03 Å². The van der Waals surface area contributed by atoms with Gasteiger partial charge in [0.2, 0.25) is 0 Å². The fourth-order valence-electron chi connectivity index (χ4n) is 2.91. The van der Waals surface area contributed by atoms with E-state index in [2.05, 4.69) is 6.58 Å². The molecule has 112 valence electrons. The highest BCUT2D eigenvalue weighted by Crippen LogP contribution is 2.40. The van der Waals surface area contributed by atoms with Crippen LogP contribution in [0.2, 0.25) is 0 Å². The van der Waals surface area contributed by atoms with Crippen LogP contribution in [-0.4, -0.2) is 17.7 Å². The molecule has 0 aliphatic heterocycles. The van der Waals surface area contributed by atoms with Gasteiger partial charge in [-0.15, -0.1) is 0 Å². The van der Waals surface area contributed by atoms with Crippen molar-refractivity contribution in [1.82, 2.24) is 0 Å². The summed E-state index contributed by atoms with van der Waals surface area (Å²) < 4.78 is 22.6. The summed E-state index contributed by atoms with van der Waals surface area (Å²) in [7, 11) is -1.84. The lowest BCUT2D eigenvalue weighted by Gasteiger charge is -2.21. The second-order valence-corrected chi connectivity index (χ2v) is 7.24. The molecule has 2 saturated carbocycles. The van der Waals surface area contributed by atoms with Gasteiger partial charge in [-0.1, -0.05) is 12.8 Å². The van der Waals surface area contributed by atoms with E-state index in [0.717, 1.165) is 51.4 Å². The van der Waals surface area contributed by atoms with Crippen molar-refractivity contribution in [2.24, 2.45) is 0 Å². The van der Waals surface area contributed by atoms with E-state index in [0.29, 0.717) is 0 Å². The second kappa shape index (κ2) is 7.78. The summed E-state index contributed by atoms with van der Waals surface area (Å²) in [5.41, 5.74) is 0.0676. The van der Waals surface area contributed by atoms with Gasteiger partial charge in [0.15, 0.2) is 5.66 Å². The van der Waals surface area contributed by atoms with Crippen LogP contribution in [0.25, 0.3) is 0 Å². The molecule has 0 N–H and O–H groups in total. The Morgan fingerprint density at radius 3 is 2.10 bits per heavy atom. The minimum absolute atomic E-state index is 0.0239. The van der Waals surface area contributed by atoms with Crippen molar-refractivity contribution >= 4 is 14.0 Å². The molecule has 0 radical (unpaired) electrons. The van der Waals surface area contributed by atoms with E-state index >= 15 is 0 Å². The Bertz CT molecular complexity index is 368. The van der Waals surface area contributed by atoms with E-state index < -0.39 is 14.0 Å². The number of ether oxygens (including phenoxy) is 1. The van der Waals surface area contributed by atoms with Gasteiger partial charge in [0, 0.05) is 0 Å². The maximum absolute atomic E-state index is 12.1. The third-order valence-electron chi connectivity index (χ3n) is 4.13. The predicted octanol–water partition coefficient (Wildman–Crippen LogP) is 4.47. The van der Waals surface area contributed by atoms with Gasteiger partial charge in [0.05, 0.1) is 0 Å². The minimum atomic E-state index is -1.84. The molecule has 0 amide bonds. The first-order chi connectivity index (χ1) is 9.66. The highest BCUT2D eigenvalue weighted by atomic mass is 31.1. The van der Waals surface area contributed by atoms with Crippen molar-refractivity contribution in [2.45, 2.75) is 76.0 Å². The van der Waals surface area contributed by atoms with Crippen molar-refractivity contribution in [3.05, 3.63) is 12.3 Å². The first kappa shape index (κ1) is 15.5. The van der Waals surface area contributed by atoms with Crippen molar-refractivity contribution in [1.29, 1.82) is 0 Å². The molecule has 20 heavy (non-hydrogen) atoms. The van der Waals surface area contributed by atoms with Crippen LogP contribution in [-0.2, 0) is 18.6 Å². The Kier molecular flexibility index (Phi) is 6.03. The zero-order chi connectivity index (χ0) is 14.4. The summed E-state index contributed by atoms with van der Waals surface area (Å²) in [5, 5.41) is 0. The third kappa shape index (κ3) is 4.59. The van der Waals surface area contributed by atoms with Crippen LogP contribution in [0.1, 0.15) is 64.2 Å². The molecular weight excluding hydrogens is 275 g/mol. The Morgan fingerprint density at radius 2 is 1.50 bits per heavy atom. The number of hydrogen-bond acceptors (Lipinski definition) is 4. The van der Waals surface area contributed by atoms with Crippen LogP contribution in [0.4, 0.5) is 0 Å². The van der Waals surface area contributed by atoms with Crippen LogP contribution in [0, 0.1) is 0 Å².